The molecule has 0 amide bonds. The number of hydrogen-bond donors (Lipinski definition) is 1. The molecular formula is C14H22N2O4S. The molecule has 1 atom stereocenters. The van der Waals surface area contributed by atoms with Gasteiger partial charge in [-0.2, -0.15) is 4.31 Å². The molecule has 1 rings (SSSR count). The molecule has 0 saturated carbocycles. The first kappa shape index (κ1) is 17.6. The molecule has 2 N–H and O–H groups in total. The summed E-state index contributed by atoms with van der Waals surface area (Å²) in [5.41, 5.74) is 6.50. The van der Waals surface area contributed by atoms with Crippen molar-refractivity contribution in [1.29, 1.82) is 0 Å². The summed E-state index contributed by atoms with van der Waals surface area (Å²) in [5, 5.41) is 0. The van der Waals surface area contributed by atoms with Crippen LogP contribution >= 0.6 is 0 Å². The predicted octanol–water partition coefficient (Wildman–Crippen LogP) is 1.28. The second-order valence-electron chi connectivity index (χ2n) is 4.60. The fraction of sp³-hybridized carbons (Fsp3) is 0.500. The molecular weight excluding hydrogens is 292 g/mol. The lowest BCUT2D eigenvalue weighted by Gasteiger charge is -2.20. The molecule has 0 aliphatic carbocycles. The molecule has 0 aliphatic heterocycles. The fourth-order valence-corrected chi connectivity index (χ4v) is 3.27. The van der Waals surface area contributed by atoms with Crippen LogP contribution in [0.1, 0.15) is 32.4 Å². The van der Waals surface area contributed by atoms with Crippen LogP contribution in [-0.2, 0) is 19.6 Å². The summed E-state index contributed by atoms with van der Waals surface area (Å²) < 4.78 is 31.0. The summed E-state index contributed by atoms with van der Waals surface area (Å²) >= 11 is 0. The summed E-state index contributed by atoms with van der Waals surface area (Å²) in [6.45, 7) is 5.23. The minimum absolute atomic E-state index is 0.128. The standard InChI is InChI=1S/C14H22N2O4S/c1-4-16(10-14(17)20-5-2)21(18,19)13-8-6-7-12(9-13)11(3)15/h6-9,11H,4-5,10,15H2,1-3H3. The Kier molecular flexibility index (Phi) is 6.32. The van der Waals surface area contributed by atoms with Crippen LogP contribution in [0, 0.1) is 0 Å². The number of nitrogens with two attached hydrogens (primary N) is 1. The van der Waals surface area contributed by atoms with Crippen LogP contribution in [0.25, 0.3) is 0 Å². The third-order valence-electron chi connectivity index (χ3n) is 2.99. The normalized spacial score (nSPS) is 13.2. The zero-order valence-corrected chi connectivity index (χ0v) is 13.4. The summed E-state index contributed by atoms with van der Waals surface area (Å²) in [6, 6.07) is 6.18. The first-order valence-corrected chi connectivity index (χ1v) is 8.28. The Bertz CT molecular complexity index is 584. The second-order valence-corrected chi connectivity index (χ2v) is 6.54. The van der Waals surface area contributed by atoms with Gasteiger partial charge in [0.15, 0.2) is 0 Å². The van der Waals surface area contributed by atoms with E-state index in [-0.39, 0.29) is 30.6 Å². The van der Waals surface area contributed by atoms with Crippen molar-refractivity contribution < 1.29 is 17.9 Å². The summed E-state index contributed by atoms with van der Waals surface area (Å²) in [7, 11) is -3.74. The SMILES string of the molecule is CCOC(=O)CN(CC)S(=O)(=O)c1cccc(C(C)N)c1. The van der Waals surface area contributed by atoms with Gasteiger partial charge in [0.2, 0.25) is 10.0 Å². The molecule has 0 spiro atoms. The highest BCUT2D eigenvalue weighted by Gasteiger charge is 2.26. The first-order valence-electron chi connectivity index (χ1n) is 6.84. The van der Waals surface area contributed by atoms with Gasteiger partial charge in [0.1, 0.15) is 6.54 Å². The van der Waals surface area contributed by atoms with Gasteiger partial charge in [-0.25, -0.2) is 8.42 Å². The molecule has 6 nitrogen and oxygen atoms in total. The van der Waals surface area contributed by atoms with Crippen LogP contribution in [0.15, 0.2) is 29.2 Å². The minimum Gasteiger partial charge on any atom is -0.465 e. The number of carbonyl (C=O) groups excluding carboxylic acids is 1. The van der Waals surface area contributed by atoms with Crippen molar-refractivity contribution in [2.45, 2.75) is 31.7 Å². The van der Waals surface area contributed by atoms with Gasteiger partial charge in [-0.05, 0) is 31.5 Å². The third-order valence-corrected chi connectivity index (χ3v) is 4.90. The van der Waals surface area contributed by atoms with Gasteiger partial charge in [-0.3, -0.25) is 4.79 Å². The van der Waals surface area contributed by atoms with Gasteiger partial charge in [0.25, 0.3) is 0 Å². The molecule has 1 unspecified atom stereocenters. The van der Waals surface area contributed by atoms with Crippen molar-refractivity contribution in [2.24, 2.45) is 5.73 Å². The van der Waals surface area contributed by atoms with E-state index in [2.05, 4.69) is 0 Å². The molecule has 0 aromatic heterocycles. The topological polar surface area (TPSA) is 89.7 Å². The maximum Gasteiger partial charge on any atom is 0.321 e. The van der Waals surface area contributed by atoms with Gasteiger partial charge in [0.05, 0.1) is 11.5 Å². The number of likely N-dealkylation sites (N-methyl/N-ethyl adjacent to an activating group) is 1. The molecule has 0 bridgehead atoms. The van der Waals surface area contributed by atoms with Gasteiger partial charge < -0.3 is 10.5 Å². The van der Waals surface area contributed by atoms with Crippen LogP contribution in [0.2, 0.25) is 0 Å². The van der Waals surface area contributed by atoms with E-state index in [9.17, 15) is 13.2 Å². The molecule has 0 heterocycles. The van der Waals surface area contributed by atoms with Crippen molar-refractivity contribution in [1.82, 2.24) is 4.31 Å². The second kappa shape index (κ2) is 7.53. The number of rotatable bonds is 7. The largest absolute Gasteiger partial charge is 0.465 e. The Hall–Kier alpha value is -1.44. The Labute approximate surface area is 125 Å². The van der Waals surface area contributed by atoms with Crippen LogP contribution in [0.4, 0.5) is 0 Å². The molecule has 7 heteroatoms. The molecule has 0 radical (unpaired) electrons. The van der Waals surface area contributed by atoms with Crippen molar-refractivity contribution in [2.75, 3.05) is 19.7 Å². The van der Waals surface area contributed by atoms with Crippen molar-refractivity contribution in [3.8, 4) is 0 Å². The van der Waals surface area contributed by atoms with E-state index in [0.29, 0.717) is 0 Å². The van der Waals surface area contributed by atoms with Crippen LogP contribution in [0.5, 0.6) is 0 Å². The highest BCUT2D eigenvalue weighted by atomic mass is 32.2. The summed E-state index contributed by atoms with van der Waals surface area (Å²) in [4.78, 5) is 11.6. The quantitative estimate of drug-likeness (QED) is 0.766. The number of esters is 1. The number of nitrogens with zero attached hydrogens (tertiary/aromatic N) is 1. The lowest BCUT2D eigenvalue weighted by molar-refractivity contribution is -0.143. The number of benzene rings is 1. The predicted molar refractivity (Wildman–Crippen MR) is 80.1 cm³/mol. The zero-order chi connectivity index (χ0) is 16.0. The average molecular weight is 314 g/mol. The van der Waals surface area contributed by atoms with Gasteiger partial charge in [-0.1, -0.05) is 19.1 Å². The van der Waals surface area contributed by atoms with E-state index in [1.807, 2.05) is 0 Å². The molecule has 1 aromatic carbocycles. The lowest BCUT2D eigenvalue weighted by atomic mass is 10.1. The van der Waals surface area contributed by atoms with Crippen LogP contribution in [-0.4, -0.2) is 38.4 Å². The van der Waals surface area contributed by atoms with Gasteiger partial charge in [0, 0.05) is 12.6 Å². The van der Waals surface area contributed by atoms with Crippen LogP contribution < -0.4 is 5.73 Å². The van der Waals surface area contributed by atoms with Crippen molar-refractivity contribution >= 4 is 16.0 Å². The van der Waals surface area contributed by atoms with Gasteiger partial charge in [-0.15, -0.1) is 0 Å². The number of carbonyl (C=O) groups is 1. The Balaban J connectivity index is 3.07. The van der Waals surface area contributed by atoms with E-state index in [4.69, 9.17) is 10.5 Å². The highest BCUT2D eigenvalue weighted by Crippen LogP contribution is 2.19. The highest BCUT2D eigenvalue weighted by molar-refractivity contribution is 7.89. The molecule has 1 aromatic rings. The minimum atomic E-state index is -3.74. The third kappa shape index (κ3) is 4.52. The lowest BCUT2D eigenvalue weighted by Crippen LogP contribution is -2.36. The Morgan fingerprint density at radius 3 is 2.57 bits per heavy atom. The molecule has 0 aliphatic rings. The summed E-state index contributed by atoms with van der Waals surface area (Å²) in [5.74, 6) is -0.564. The molecule has 0 fully saturated rings. The van der Waals surface area contributed by atoms with E-state index in [1.54, 1.807) is 32.9 Å². The summed E-state index contributed by atoms with van der Waals surface area (Å²) in [6.07, 6.45) is 0. The van der Waals surface area contributed by atoms with Gasteiger partial charge >= 0.3 is 5.97 Å². The maximum atomic E-state index is 12.6. The van der Waals surface area contributed by atoms with Crippen molar-refractivity contribution in [3.63, 3.8) is 0 Å². The number of ether oxygens (including phenoxy) is 1. The molecule has 0 saturated heterocycles. The maximum absolute atomic E-state index is 12.6. The fourth-order valence-electron chi connectivity index (χ4n) is 1.82. The monoisotopic (exact) mass is 314 g/mol. The van der Waals surface area contributed by atoms with E-state index >= 15 is 0 Å². The van der Waals surface area contributed by atoms with E-state index in [1.165, 1.54) is 12.1 Å². The number of sulfonamides is 1. The zero-order valence-electron chi connectivity index (χ0n) is 12.6. The molecule has 118 valence electrons. The van der Waals surface area contributed by atoms with Crippen LogP contribution in [0.3, 0.4) is 0 Å². The molecule has 21 heavy (non-hydrogen) atoms. The van der Waals surface area contributed by atoms with E-state index in [0.717, 1.165) is 9.87 Å². The van der Waals surface area contributed by atoms with E-state index < -0.39 is 16.0 Å². The smallest absolute Gasteiger partial charge is 0.321 e. The Morgan fingerprint density at radius 1 is 1.38 bits per heavy atom. The van der Waals surface area contributed by atoms with Crippen molar-refractivity contribution in [3.05, 3.63) is 29.8 Å². The first-order chi connectivity index (χ1) is 9.82. The number of hydrogen-bond acceptors (Lipinski definition) is 5. The Morgan fingerprint density at radius 2 is 2.05 bits per heavy atom. The average Bonchev–Trinajstić information content (AvgIpc) is 2.45.